The van der Waals surface area contributed by atoms with Crippen LogP contribution in [0.1, 0.15) is 40.0 Å². The molecule has 4 nitrogen and oxygen atoms in total. The van der Waals surface area contributed by atoms with Crippen LogP contribution in [-0.2, 0) is 6.54 Å². The molecule has 1 amide bonds. The molecule has 1 N–H and O–H groups in total. The molecule has 2 aromatic carbocycles. The highest BCUT2D eigenvalue weighted by Crippen LogP contribution is 2.20. The molecule has 1 aliphatic rings. The number of hydrogen-bond acceptors (Lipinski definition) is 3. The van der Waals surface area contributed by atoms with E-state index in [1.54, 1.807) is 0 Å². The van der Waals surface area contributed by atoms with Gasteiger partial charge >= 0.3 is 0 Å². The molecule has 0 unspecified atom stereocenters. The van der Waals surface area contributed by atoms with E-state index >= 15 is 0 Å². The summed E-state index contributed by atoms with van der Waals surface area (Å²) in [5.74, 6) is -0.0167. The van der Waals surface area contributed by atoms with Crippen LogP contribution in [0.4, 0.5) is 0 Å². The molecule has 0 aliphatic carbocycles. The van der Waals surface area contributed by atoms with Crippen LogP contribution in [-0.4, -0.2) is 34.9 Å². The molecule has 4 rings (SSSR count). The number of nitrogens with one attached hydrogen (secondary N) is 1. The Hall–Kier alpha value is -2.98. The maximum atomic E-state index is 12.8. The molecule has 1 aromatic heterocycles. The molecule has 3 aromatic rings. The number of benzene rings is 2. The predicted molar refractivity (Wildman–Crippen MR) is 121 cm³/mol. The first-order valence-corrected chi connectivity index (χ1v) is 10.7. The van der Waals surface area contributed by atoms with E-state index in [2.05, 4.69) is 46.4 Å². The fourth-order valence-electron chi connectivity index (χ4n) is 4.10. The van der Waals surface area contributed by atoms with Crippen LogP contribution in [0.15, 0.2) is 66.7 Å². The lowest BCUT2D eigenvalue weighted by molar-refractivity contribution is 0.0908. The minimum atomic E-state index is -0.0167. The zero-order chi connectivity index (χ0) is 20.9. The van der Waals surface area contributed by atoms with Gasteiger partial charge in [0.2, 0.25) is 0 Å². The lowest BCUT2D eigenvalue weighted by Gasteiger charge is -2.32. The van der Waals surface area contributed by atoms with Gasteiger partial charge in [-0.1, -0.05) is 54.6 Å². The largest absolute Gasteiger partial charge is 0.349 e. The Kier molecular flexibility index (Phi) is 6.24. The summed E-state index contributed by atoms with van der Waals surface area (Å²) in [5.41, 5.74) is 6.13. The second kappa shape index (κ2) is 9.23. The monoisotopic (exact) mass is 399 g/mol. The molecular weight excluding hydrogens is 370 g/mol. The van der Waals surface area contributed by atoms with Gasteiger partial charge in [-0.15, -0.1) is 0 Å². The zero-order valence-electron chi connectivity index (χ0n) is 17.8. The molecule has 0 radical (unpaired) electrons. The summed E-state index contributed by atoms with van der Waals surface area (Å²) >= 11 is 0. The molecule has 1 aliphatic heterocycles. The van der Waals surface area contributed by atoms with Gasteiger partial charge in [0.25, 0.3) is 5.91 Å². The Morgan fingerprint density at radius 2 is 1.67 bits per heavy atom. The van der Waals surface area contributed by atoms with Crippen molar-refractivity contribution in [2.24, 2.45) is 0 Å². The van der Waals surface area contributed by atoms with E-state index in [0.717, 1.165) is 49.4 Å². The van der Waals surface area contributed by atoms with Crippen LogP contribution in [0, 0.1) is 13.8 Å². The first-order valence-electron chi connectivity index (χ1n) is 10.7. The standard InChI is InChI=1S/C26H29N3O/c1-19-8-6-7-11-22(19)18-29-16-14-23(15-17-29)28-26(30)24-12-13-25(27-20(24)2)21-9-4-3-5-10-21/h3-13,23H,14-18H2,1-2H3,(H,28,30). The molecule has 0 spiro atoms. The third-order valence-electron chi connectivity index (χ3n) is 5.98. The van der Waals surface area contributed by atoms with Crippen molar-refractivity contribution in [2.45, 2.75) is 39.3 Å². The number of likely N-dealkylation sites (tertiary alicyclic amines) is 1. The highest BCUT2D eigenvalue weighted by molar-refractivity contribution is 5.95. The SMILES string of the molecule is Cc1ccccc1CN1CCC(NC(=O)c2ccc(-c3ccccc3)nc2C)CC1. The molecule has 1 fully saturated rings. The van der Waals surface area contributed by atoms with Gasteiger partial charge in [0, 0.05) is 31.2 Å². The first-order chi connectivity index (χ1) is 14.6. The van der Waals surface area contributed by atoms with E-state index in [1.165, 1.54) is 11.1 Å². The van der Waals surface area contributed by atoms with Crippen LogP contribution < -0.4 is 5.32 Å². The number of carbonyl (C=O) groups is 1. The van der Waals surface area contributed by atoms with Gasteiger partial charge in [-0.05, 0) is 49.9 Å². The van der Waals surface area contributed by atoms with Crippen molar-refractivity contribution in [3.8, 4) is 11.3 Å². The molecule has 0 saturated carbocycles. The second-order valence-corrected chi connectivity index (χ2v) is 8.15. The summed E-state index contributed by atoms with van der Waals surface area (Å²) in [5, 5.41) is 3.23. The molecule has 0 bridgehead atoms. The molecule has 154 valence electrons. The average Bonchev–Trinajstić information content (AvgIpc) is 2.77. The Balaban J connectivity index is 1.33. The number of amides is 1. The van der Waals surface area contributed by atoms with E-state index in [4.69, 9.17) is 0 Å². The van der Waals surface area contributed by atoms with Crippen molar-refractivity contribution < 1.29 is 4.79 Å². The van der Waals surface area contributed by atoms with Crippen LogP contribution in [0.2, 0.25) is 0 Å². The summed E-state index contributed by atoms with van der Waals surface area (Å²) in [4.78, 5) is 20.0. The van der Waals surface area contributed by atoms with Crippen molar-refractivity contribution in [3.05, 3.63) is 89.1 Å². The molecular formula is C26H29N3O. The number of rotatable bonds is 5. The molecule has 2 heterocycles. The fraction of sp³-hybridized carbons (Fsp3) is 0.308. The number of hydrogen-bond donors (Lipinski definition) is 1. The minimum absolute atomic E-state index is 0.0167. The molecule has 4 heteroatoms. The number of piperidine rings is 1. The summed E-state index contributed by atoms with van der Waals surface area (Å²) in [7, 11) is 0. The van der Waals surface area contributed by atoms with Gasteiger partial charge in [-0.25, -0.2) is 0 Å². The Bertz CT molecular complexity index is 1010. The average molecular weight is 400 g/mol. The normalized spacial score (nSPS) is 15.1. The van der Waals surface area contributed by atoms with Gasteiger partial charge in [-0.3, -0.25) is 14.7 Å². The van der Waals surface area contributed by atoms with Gasteiger partial charge in [0.05, 0.1) is 17.0 Å². The van der Waals surface area contributed by atoms with E-state index in [0.29, 0.717) is 5.56 Å². The predicted octanol–water partition coefficient (Wildman–Crippen LogP) is 4.76. The van der Waals surface area contributed by atoms with Gasteiger partial charge in [0.1, 0.15) is 0 Å². The highest BCUT2D eigenvalue weighted by Gasteiger charge is 2.22. The highest BCUT2D eigenvalue weighted by atomic mass is 16.1. The quantitative estimate of drug-likeness (QED) is 0.673. The third kappa shape index (κ3) is 4.77. The maximum Gasteiger partial charge on any atom is 0.253 e. The lowest BCUT2D eigenvalue weighted by atomic mass is 10.0. The summed E-state index contributed by atoms with van der Waals surface area (Å²) in [6, 6.07) is 22.7. The number of pyridine rings is 1. The van der Waals surface area contributed by atoms with Crippen molar-refractivity contribution >= 4 is 5.91 Å². The van der Waals surface area contributed by atoms with Gasteiger partial charge in [-0.2, -0.15) is 0 Å². The first kappa shape index (κ1) is 20.3. The van der Waals surface area contributed by atoms with Crippen LogP contribution in [0.3, 0.4) is 0 Å². The summed E-state index contributed by atoms with van der Waals surface area (Å²) < 4.78 is 0. The number of aryl methyl sites for hydroxylation is 2. The maximum absolute atomic E-state index is 12.8. The van der Waals surface area contributed by atoms with Gasteiger partial charge in [0.15, 0.2) is 0 Å². The van der Waals surface area contributed by atoms with Crippen molar-refractivity contribution in [3.63, 3.8) is 0 Å². The summed E-state index contributed by atoms with van der Waals surface area (Å²) in [6.07, 6.45) is 1.96. The Morgan fingerprint density at radius 3 is 2.37 bits per heavy atom. The van der Waals surface area contributed by atoms with Crippen molar-refractivity contribution in [1.29, 1.82) is 0 Å². The fourth-order valence-corrected chi connectivity index (χ4v) is 4.10. The Morgan fingerprint density at radius 1 is 0.967 bits per heavy atom. The third-order valence-corrected chi connectivity index (χ3v) is 5.98. The van der Waals surface area contributed by atoms with E-state index in [1.807, 2.05) is 49.4 Å². The smallest absolute Gasteiger partial charge is 0.253 e. The van der Waals surface area contributed by atoms with Gasteiger partial charge < -0.3 is 5.32 Å². The number of nitrogens with zero attached hydrogens (tertiary/aromatic N) is 2. The number of carbonyl (C=O) groups excluding carboxylic acids is 1. The second-order valence-electron chi connectivity index (χ2n) is 8.15. The van der Waals surface area contributed by atoms with Crippen LogP contribution in [0.5, 0.6) is 0 Å². The molecule has 0 atom stereocenters. The van der Waals surface area contributed by atoms with Crippen molar-refractivity contribution in [2.75, 3.05) is 13.1 Å². The molecule has 1 saturated heterocycles. The van der Waals surface area contributed by atoms with E-state index in [-0.39, 0.29) is 11.9 Å². The zero-order valence-corrected chi connectivity index (χ0v) is 17.8. The minimum Gasteiger partial charge on any atom is -0.349 e. The van der Waals surface area contributed by atoms with Crippen LogP contribution in [0.25, 0.3) is 11.3 Å². The van der Waals surface area contributed by atoms with Crippen LogP contribution >= 0.6 is 0 Å². The summed E-state index contributed by atoms with van der Waals surface area (Å²) in [6.45, 7) is 7.07. The van der Waals surface area contributed by atoms with Crippen molar-refractivity contribution in [1.82, 2.24) is 15.2 Å². The molecule has 30 heavy (non-hydrogen) atoms. The van der Waals surface area contributed by atoms with E-state index in [9.17, 15) is 4.79 Å². The Labute approximate surface area is 179 Å². The lowest BCUT2D eigenvalue weighted by Crippen LogP contribution is -2.44. The van der Waals surface area contributed by atoms with E-state index < -0.39 is 0 Å². The number of aromatic nitrogens is 1. The topological polar surface area (TPSA) is 45.2 Å².